The lowest BCUT2D eigenvalue weighted by Gasteiger charge is -2.01. The van der Waals surface area contributed by atoms with Crippen molar-refractivity contribution in [1.82, 2.24) is 4.98 Å². The van der Waals surface area contributed by atoms with Gasteiger partial charge < -0.3 is 9.72 Å². The molecular weight excluding hydrogens is 210 g/mol. The molecule has 0 atom stereocenters. The quantitative estimate of drug-likeness (QED) is 0.701. The highest BCUT2D eigenvalue weighted by Gasteiger charge is 2.06. The fourth-order valence-electron chi connectivity index (χ4n) is 2.09. The van der Waals surface area contributed by atoms with Crippen molar-refractivity contribution in [2.45, 2.75) is 0 Å². The van der Waals surface area contributed by atoms with Gasteiger partial charge in [-0.1, -0.05) is 30.3 Å². The Labute approximate surface area is 99.9 Å². The van der Waals surface area contributed by atoms with Gasteiger partial charge in [-0.05, 0) is 17.7 Å². The van der Waals surface area contributed by atoms with Gasteiger partial charge in [0, 0.05) is 28.7 Å². The van der Waals surface area contributed by atoms with Gasteiger partial charge in [0.05, 0.1) is 7.11 Å². The van der Waals surface area contributed by atoms with Crippen molar-refractivity contribution in [2.75, 3.05) is 7.11 Å². The number of benzene rings is 2. The van der Waals surface area contributed by atoms with Crippen molar-refractivity contribution in [3.8, 4) is 16.9 Å². The summed E-state index contributed by atoms with van der Waals surface area (Å²) in [6, 6.07) is 16.5. The maximum atomic E-state index is 5.22. The SMILES string of the molecule is COc1ccc2c(-c3ccccc3)c[nH]c2c1. The van der Waals surface area contributed by atoms with Gasteiger partial charge in [-0.15, -0.1) is 0 Å². The Hall–Kier alpha value is -2.22. The molecule has 0 saturated carbocycles. The van der Waals surface area contributed by atoms with E-state index in [1.54, 1.807) is 7.11 Å². The van der Waals surface area contributed by atoms with Gasteiger partial charge in [0.15, 0.2) is 0 Å². The Morgan fingerprint density at radius 3 is 2.59 bits per heavy atom. The van der Waals surface area contributed by atoms with Crippen LogP contribution in [0.5, 0.6) is 5.75 Å². The third-order valence-corrected chi connectivity index (χ3v) is 2.97. The summed E-state index contributed by atoms with van der Waals surface area (Å²) in [4.78, 5) is 3.28. The molecule has 1 heterocycles. The summed E-state index contributed by atoms with van der Waals surface area (Å²) in [5.74, 6) is 0.874. The molecule has 0 saturated heterocycles. The highest BCUT2D eigenvalue weighted by atomic mass is 16.5. The van der Waals surface area contributed by atoms with Gasteiger partial charge in [-0.2, -0.15) is 0 Å². The number of hydrogen-bond donors (Lipinski definition) is 1. The molecule has 1 aromatic heterocycles. The largest absolute Gasteiger partial charge is 0.497 e. The number of rotatable bonds is 2. The van der Waals surface area contributed by atoms with Gasteiger partial charge in [-0.25, -0.2) is 0 Å². The number of methoxy groups -OCH3 is 1. The van der Waals surface area contributed by atoms with Crippen LogP contribution in [0.2, 0.25) is 0 Å². The molecule has 2 heteroatoms. The monoisotopic (exact) mass is 223 g/mol. The molecule has 0 unspecified atom stereocenters. The van der Waals surface area contributed by atoms with Gasteiger partial charge in [0.25, 0.3) is 0 Å². The molecule has 0 amide bonds. The summed E-state index contributed by atoms with van der Waals surface area (Å²) >= 11 is 0. The molecule has 0 fully saturated rings. The minimum atomic E-state index is 0.874. The number of H-pyrrole nitrogens is 1. The van der Waals surface area contributed by atoms with E-state index in [1.807, 2.05) is 24.4 Å². The van der Waals surface area contributed by atoms with Crippen LogP contribution in [0.3, 0.4) is 0 Å². The lowest BCUT2D eigenvalue weighted by molar-refractivity contribution is 0.415. The first-order chi connectivity index (χ1) is 8.38. The maximum Gasteiger partial charge on any atom is 0.120 e. The standard InChI is InChI=1S/C15H13NO/c1-17-12-7-8-13-14(10-16-15(13)9-12)11-5-3-2-4-6-11/h2-10,16H,1H3. The van der Waals surface area contributed by atoms with Crippen LogP contribution in [0.25, 0.3) is 22.0 Å². The van der Waals surface area contributed by atoms with Crippen LogP contribution in [0.4, 0.5) is 0 Å². The lowest BCUT2D eigenvalue weighted by atomic mass is 10.1. The zero-order valence-corrected chi connectivity index (χ0v) is 9.60. The van der Waals surface area contributed by atoms with Crippen molar-refractivity contribution in [2.24, 2.45) is 0 Å². The van der Waals surface area contributed by atoms with E-state index in [0.717, 1.165) is 11.3 Å². The smallest absolute Gasteiger partial charge is 0.120 e. The van der Waals surface area contributed by atoms with E-state index in [1.165, 1.54) is 16.5 Å². The highest BCUT2D eigenvalue weighted by molar-refractivity contribution is 5.96. The van der Waals surface area contributed by atoms with Crippen LogP contribution < -0.4 is 4.74 Å². The van der Waals surface area contributed by atoms with E-state index >= 15 is 0 Å². The Balaban J connectivity index is 2.19. The molecule has 0 spiro atoms. The number of hydrogen-bond acceptors (Lipinski definition) is 1. The fraction of sp³-hybridized carbons (Fsp3) is 0.0667. The first-order valence-electron chi connectivity index (χ1n) is 5.59. The predicted molar refractivity (Wildman–Crippen MR) is 70.3 cm³/mol. The normalized spacial score (nSPS) is 10.6. The van der Waals surface area contributed by atoms with Crippen molar-refractivity contribution in [1.29, 1.82) is 0 Å². The number of aromatic nitrogens is 1. The highest BCUT2D eigenvalue weighted by Crippen LogP contribution is 2.30. The van der Waals surface area contributed by atoms with Crippen LogP contribution in [0.1, 0.15) is 0 Å². The first kappa shape index (κ1) is 9.97. The van der Waals surface area contributed by atoms with Crippen LogP contribution in [0.15, 0.2) is 54.7 Å². The number of aromatic amines is 1. The summed E-state index contributed by atoms with van der Waals surface area (Å²) in [5.41, 5.74) is 3.55. The second-order valence-electron chi connectivity index (χ2n) is 3.98. The van der Waals surface area contributed by atoms with Crippen LogP contribution in [-0.4, -0.2) is 12.1 Å². The maximum absolute atomic E-state index is 5.22. The molecule has 0 aliphatic heterocycles. The molecule has 3 rings (SSSR count). The lowest BCUT2D eigenvalue weighted by Crippen LogP contribution is -1.81. The van der Waals surface area contributed by atoms with E-state index in [2.05, 4.69) is 35.3 Å². The summed E-state index contributed by atoms with van der Waals surface area (Å²) in [7, 11) is 1.68. The van der Waals surface area contributed by atoms with Gasteiger partial charge in [0.2, 0.25) is 0 Å². The Bertz CT molecular complexity index is 640. The Morgan fingerprint density at radius 1 is 1.00 bits per heavy atom. The average molecular weight is 223 g/mol. The van der Waals surface area contributed by atoms with Crippen molar-refractivity contribution >= 4 is 10.9 Å². The van der Waals surface area contributed by atoms with E-state index in [-0.39, 0.29) is 0 Å². The van der Waals surface area contributed by atoms with E-state index < -0.39 is 0 Å². The Kier molecular flexibility index (Phi) is 2.33. The summed E-state index contributed by atoms with van der Waals surface area (Å²) < 4.78 is 5.22. The molecule has 0 aliphatic rings. The van der Waals surface area contributed by atoms with Crippen molar-refractivity contribution in [3.05, 3.63) is 54.7 Å². The summed E-state index contributed by atoms with van der Waals surface area (Å²) in [5, 5.41) is 1.22. The van der Waals surface area contributed by atoms with Crippen LogP contribution >= 0.6 is 0 Å². The van der Waals surface area contributed by atoms with Crippen LogP contribution in [-0.2, 0) is 0 Å². The average Bonchev–Trinajstić information content (AvgIpc) is 2.82. The molecule has 1 N–H and O–H groups in total. The third-order valence-electron chi connectivity index (χ3n) is 2.97. The number of ether oxygens (including phenoxy) is 1. The topological polar surface area (TPSA) is 25.0 Å². The van der Waals surface area contributed by atoms with Crippen molar-refractivity contribution < 1.29 is 4.74 Å². The zero-order chi connectivity index (χ0) is 11.7. The minimum absolute atomic E-state index is 0.874. The third kappa shape index (κ3) is 1.68. The van der Waals surface area contributed by atoms with E-state index in [9.17, 15) is 0 Å². The molecule has 0 bridgehead atoms. The molecular formula is C15H13NO. The van der Waals surface area contributed by atoms with Gasteiger partial charge >= 0.3 is 0 Å². The number of nitrogens with one attached hydrogen (secondary N) is 1. The molecule has 0 radical (unpaired) electrons. The minimum Gasteiger partial charge on any atom is -0.497 e. The predicted octanol–water partition coefficient (Wildman–Crippen LogP) is 3.84. The fourth-order valence-corrected chi connectivity index (χ4v) is 2.09. The molecule has 2 nitrogen and oxygen atoms in total. The summed E-state index contributed by atoms with van der Waals surface area (Å²) in [6.45, 7) is 0. The number of fused-ring (bicyclic) bond motifs is 1. The summed E-state index contributed by atoms with van der Waals surface area (Å²) in [6.07, 6.45) is 2.04. The molecule has 3 aromatic rings. The molecule has 0 aliphatic carbocycles. The van der Waals surface area contributed by atoms with Gasteiger partial charge in [-0.3, -0.25) is 0 Å². The second kappa shape index (κ2) is 3.98. The second-order valence-corrected chi connectivity index (χ2v) is 3.98. The van der Waals surface area contributed by atoms with E-state index in [0.29, 0.717) is 0 Å². The molecule has 84 valence electrons. The Morgan fingerprint density at radius 2 is 1.82 bits per heavy atom. The molecule has 2 aromatic carbocycles. The van der Waals surface area contributed by atoms with Crippen molar-refractivity contribution in [3.63, 3.8) is 0 Å². The van der Waals surface area contributed by atoms with Gasteiger partial charge in [0.1, 0.15) is 5.75 Å². The first-order valence-corrected chi connectivity index (χ1v) is 5.59. The van der Waals surface area contributed by atoms with E-state index in [4.69, 9.17) is 4.74 Å². The van der Waals surface area contributed by atoms with Crippen LogP contribution in [0, 0.1) is 0 Å². The zero-order valence-electron chi connectivity index (χ0n) is 9.60. The molecule has 17 heavy (non-hydrogen) atoms.